The maximum Gasteiger partial charge on any atom is 0.418 e. The molecule has 0 saturated carbocycles. The van der Waals surface area contributed by atoms with Gasteiger partial charge in [0.15, 0.2) is 0 Å². The lowest BCUT2D eigenvalue weighted by Gasteiger charge is -2.29. The van der Waals surface area contributed by atoms with E-state index in [4.69, 9.17) is 22.1 Å². The summed E-state index contributed by atoms with van der Waals surface area (Å²) >= 11 is 6.27. The molecule has 0 spiro atoms. The number of fused-ring (bicyclic) bond motifs is 1. The van der Waals surface area contributed by atoms with Crippen molar-refractivity contribution < 1.29 is 22.7 Å². The van der Waals surface area contributed by atoms with Crippen LogP contribution in [0.5, 0.6) is 5.88 Å². The molecular weight excluding hydrogens is 411 g/mol. The van der Waals surface area contributed by atoms with Crippen molar-refractivity contribution in [2.75, 3.05) is 18.8 Å². The molecular formula is C18H13ClF3N5O2. The Morgan fingerprint density at radius 2 is 1.97 bits per heavy atom. The van der Waals surface area contributed by atoms with Crippen molar-refractivity contribution in [3.63, 3.8) is 0 Å². The van der Waals surface area contributed by atoms with E-state index in [0.29, 0.717) is 13.1 Å². The number of rotatable bonds is 2. The molecule has 2 N–H and O–H groups in total. The molecule has 3 heterocycles. The second kappa shape index (κ2) is 7.03. The minimum Gasteiger partial charge on any atom is -0.390 e. The number of nitrogens with two attached hydrogens (primary N) is 1. The van der Waals surface area contributed by atoms with Crippen molar-refractivity contribution in [1.29, 1.82) is 0 Å². The lowest BCUT2D eigenvalue weighted by Crippen LogP contribution is -2.43. The van der Waals surface area contributed by atoms with E-state index in [1.54, 1.807) is 0 Å². The van der Waals surface area contributed by atoms with E-state index in [2.05, 4.69) is 15.0 Å². The number of hydrogen-bond donors (Lipinski definition) is 1. The summed E-state index contributed by atoms with van der Waals surface area (Å²) in [5, 5.41) is 0.240. The number of likely N-dealkylation sites (tertiary alicyclic amines) is 1. The third-order valence-corrected chi connectivity index (χ3v) is 4.78. The number of alkyl halides is 3. The van der Waals surface area contributed by atoms with Crippen LogP contribution in [0.4, 0.5) is 23.8 Å². The van der Waals surface area contributed by atoms with Crippen LogP contribution in [0, 0.1) is 0 Å². The molecule has 150 valence electrons. The van der Waals surface area contributed by atoms with Crippen LogP contribution in [0.15, 0.2) is 30.6 Å². The van der Waals surface area contributed by atoms with E-state index >= 15 is 0 Å². The van der Waals surface area contributed by atoms with Gasteiger partial charge in [-0.1, -0.05) is 11.6 Å². The SMILES string of the molecule is Nc1ccc(C(F)(F)F)c(-c2cc3ncnc(OC(=O)N4CCC4)c3cc2Cl)n1. The smallest absolute Gasteiger partial charge is 0.390 e. The number of hydrogen-bond acceptors (Lipinski definition) is 6. The average molecular weight is 424 g/mol. The van der Waals surface area contributed by atoms with Crippen LogP contribution in [0.25, 0.3) is 22.2 Å². The van der Waals surface area contributed by atoms with E-state index in [0.717, 1.165) is 24.9 Å². The van der Waals surface area contributed by atoms with E-state index in [1.807, 2.05) is 0 Å². The molecule has 1 aliphatic heterocycles. The molecule has 0 radical (unpaired) electrons. The van der Waals surface area contributed by atoms with Crippen LogP contribution >= 0.6 is 11.6 Å². The van der Waals surface area contributed by atoms with Crippen LogP contribution in [0.1, 0.15) is 12.0 Å². The highest BCUT2D eigenvalue weighted by Gasteiger charge is 2.35. The van der Waals surface area contributed by atoms with E-state index in [1.165, 1.54) is 17.0 Å². The first-order valence-electron chi connectivity index (χ1n) is 8.49. The van der Waals surface area contributed by atoms with Gasteiger partial charge in [0, 0.05) is 18.7 Å². The predicted molar refractivity (Wildman–Crippen MR) is 99.4 cm³/mol. The Morgan fingerprint density at radius 3 is 2.62 bits per heavy atom. The van der Waals surface area contributed by atoms with Crippen LogP contribution in [0.3, 0.4) is 0 Å². The summed E-state index contributed by atoms with van der Waals surface area (Å²) in [6.07, 6.45) is -3.18. The third-order valence-electron chi connectivity index (χ3n) is 4.46. The Morgan fingerprint density at radius 1 is 1.21 bits per heavy atom. The maximum absolute atomic E-state index is 13.4. The maximum atomic E-state index is 13.4. The monoisotopic (exact) mass is 423 g/mol. The minimum absolute atomic E-state index is 0.00230. The Labute approximate surface area is 167 Å². The molecule has 1 aliphatic rings. The first-order chi connectivity index (χ1) is 13.7. The van der Waals surface area contributed by atoms with Crippen molar-refractivity contribution in [3.05, 3.63) is 41.2 Å². The molecule has 1 fully saturated rings. The number of carbonyl (C=O) groups excluding carboxylic acids is 1. The lowest BCUT2D eigenvalue weighted by atomic mass is 10.0. The number of anilines is 1. The number of carbonyl (C=O) groups is 1. The fraction of sp³-hybridized carbons (Fsp3) is 0.222. The van der Waals surface area contributed by atoms with Gasteiger partial charge in [0.1, 0.15) is 12.1 Å². The molecule has 11 heteroatoms. The molecule has 7 nitrogen and oxygen atoms in total. The van der Waals surface area contributed by atoms with Crippen molar-refractivity contribution in [3.8, 4) is 17.1 Å². The van der Waals surface area contributed by atoms with Crippen LogP contribution in [-0.2, 0) is 6.18 Å². The number of benzene rings is 1. The van der Waals surface area contributed by atoms with Crippen molar-refractivity contribution >= 4 is 34.4 Å². The van der Waals surface area contributed by atoms with Gasteiger partial charge in [-0.3, -0.25) is 0 Å². The van der Waals surface area contributed by atoms with Crippen LogP contribution < -0.4 is 10.5 Å². The highest BCUT2D eigenvalue weighted by atomic mass is 35.5. The lowest BCUT2D eigenvalue weighted by molar-refractivity contribution is -0.137. The highest BCUT2D eigenvalue weighted by molar-refractivity contribution is 6.34. The first kappa shape index (κ1) is 19.2. The van der Waals surface area contributed by atoms with Gasteiger partial charge in [0.2, 0.25) is 5.88 Å². The van der Waals surface area contributed by atoms with E-state index in [9.17, 15) is 18.0 Å². The Kier molecular flexibility index (Phi) is 4.65. The molecule has 0 bridgehead atoms. The minimum atomic E-state index is -4.65. The van der Waals surface area contributed by atoms with Gasteiger partial charge in [-0.2, -0.15) is 13.2 Å². The standard InChI is InChI=1S/C18H13ClF3N5O2/c19-12-6-10-13(24-8-25-16(10)29-17(28)27-4-1-5-27)7-9(12)15-11(18(20,21)22)2-3-14(23)26-15/h2-3,6-8H,1,4-5H2,(H2,23,26). The largest absolute Gasteiger partial charge is 0.418 e. The molecule has 29 heavy (non-hydrogen) atoms. The van der Waals surface area contributed by atoms with Gasteiger partial charge in [0.05, 0.1) is 27.2 Å². The molecule has 0 aliphatic carbocycles. The van der Waals surface area contributed by atoms with Crippen molar-refractivity contribution in [1.82, 2.24) is 19.9 Å². The van der Waals surface area contributed by atoms with E-state index < -0.39 is 23.5 Å². The molecule has 1 amide bonds. The summed E-state index contributed by atoms with van der Waals surface area (Å²) < 4.78 is 45.6. The predicted octanol–water partition coefficient (Wildman–Crippen LogP) is 4.15. The summed E-state index contributed by atoms with van der Waals surface area (Å²) in [6.45, 7) is 1.18. The first-order valence-corrected chi connectivity index (χ1v) is 8.87. The van der Waals surface area contributed by atoms with E-state index in [-0.39, 0.29) is 33.2 Å². The fourth-order valence-corrected chi connectivity index (χ4v) is 3.12. The number of amides is 1. The molecule has 0 atom stereocenters. The van der Waals surface area contributed by atoms with Crippen molar-refractivity contribution in [2.45, 2.75) is 12.6 Å². The summed E-state index contributed by atoms with van der Waals surface area (Å²) in [5.41, 5.74) is 4.43. The van der Waals surface area contributed by atoms with Gasteiger partial charge in [-0.15, -0.1) is 0 Å². The zero-order chi connectivity index (χ0) is 20.8. The normalized spacial score (nSPS) is 14.0. The number of aromatic nitrogens is 3. The Hall–Kier alpha value is -3.14. The fourth-order valence-electron chi connectivity index (χ4n) is 2.87. The van der Waals surface area contributed by atoms with Gasteiger partial charge in [-0.25, -0.2) is 19.7 Å². The summed E-state index contributed by atoms with van der Waals surface area (Å²) in [6, 6.07) is 4.59. The molecule has 1 saturated heterocycles. The Bertz CT molecular complexity index is 1120. The molecule has 2 aromatic heterocycles. The zero-order valence-corrected chi connectivity index (χ0v) is 15.5. The average Bonchev–Trinajstić information content (AvgIpc) is 2.59. The van der Waals surface area contributed by atoms with Crippen LogP contribution in [0.2, 0.25) is 5.02 Å². The van der Waals surface area contributed by atoms with Gasteiger partial charge >= 0.3 is 12.3 Å². The number of halogens is 4. The molecule has 0 unspecified atom stereocenters. The Balaban J connectivity index is 1.82. The number of ether oxygens (including phenoxy) is 1. The summed E-state index contributed by atoms with van der Waals surface area (Å²) in [4.78, 5) is 25.4. The second-order valence-corrected chi connectivity index (χ2v) is 6.77. The number of nitrogen functional groups attached to an aromatic ring is 1. The third kappa shape index (κ3) is 3.63. The molecule has 4 rings (SSSR count). The summed E-state index contributed by atoms with van der Waals surface area (Å²) in [7, 11) is 0. The zero-order valence-electron chi connectivity index (χ0n) is 14.7. The van der Waals surface area contributed by atoms with Gasteiger partial charge < -0.3 is 15.4 Å². The quantitative estimate of drug-likeness (QED) is 0.665. The van der Waals surface area contributed by atoms with Crippen molar-refractivity contribution in [2.24, 2.45) is 0 Å². The summed E-state index contributed by atoms with van der Waals surface area (Å²) in [5.74, 6) is -0.118. The van der Waals surface area contributed by atoms with Crippen LogP contribution in [-0.4, -0.2) is 39.0 Å². The van der Waals surface area contributed by atoms with Gasteiger partial charge in [-0.05, 0) is 30.7 Å². The highest BCUT2D eigenvalue weighted by Crippen LogP contribution is 2.40. The molecule has 1 aromatic carbocycles. The number of pyridine rings is 1. The molecule has 3 aromatic rings. The van der Waals surface area contributed by atoms with Gasteiger partial charge in [0.25, 0.3) is 0 Å². The second-order valence-electron chi connectivity index (χ2n) is 6.37. The number of nitrogens with zero attached hydrogens (tertiary/aromatic N) is 4. The topological polar surface area (TPSA) is 94.2 Å².